The number of hydrogen-bond acceptors (Lipinski definition) is 5. The number of likely N-dealkylation sites (tertiary alicyclic amines) is 1. The van der Waals surface area contributed by atoms with Gasteiger partial charge in [-0.05, 0) is 42.4 Å². The summed E-state index contributed by atoms with van der Waals surface area (Å²) in [5.41, 5.74) is 1.34. The van der Waals surface area contributed by atoms with E-state index in [0.717, 1.165) is 63.9 Å². The van der Waals surface area contributed by atoms with Gasteiger partial charge in [0.15, 0.2) is 0 Å². The van der Waals surface area contributed by atoms with Gasteiger partial charge in [0.2, 0.25) is 5.91 Å². The van der Waals surface area contributed by atoms with Crippen LogP contribution < -0.4 is 10.2 Å². The summed E-state index contributed by atoms with van der Waals surface area (Å²) < 4.78 is 5.50. The SMILES string of the molecule is CC(=O)N1CCC(Nc2cc(C(C)C(C)C)cc(N3CCOCC3)n2)CC1. The van der Waals surface area contributed by atoms with E-state index in [1.165, 1.54) is 5.56 Å². The number of nitrogens with zero attached hydrogens (tertiary/aromatic N) is 3. The largest absolute Gasteiger partial charge is 0.378 e. The molecule has 0 aliphatic carbocycles. The van der Waals surface area contributed by atoms with Gasteiger partial charge in [-0.15, -0.1) is 0 Å². The van der Waals surface area contributed by atoms with Gasteiger partial charge in [-0.25, -0.2) is 4.98 Å². The number of aromatic nitrogens is 1. The van der Waals surface area contributed by atoms with Crippen molar-refractivity contribution < 1.29 is 9.53 Å². The molecular formula is C21H34N4O2. The first-order chi connectivity index (χ1) is 12.9. The molecule has 1 N–H and O–H groups in total. The fourth-order valence-corrected chi connectivity index (χ4v) is 3.76. The molecule has 2 aliphatic rings. The van der Waals surface area contributed by atoms with Crippen LogP contribution in [0.1, 0.15) is 52.0 Å². The number of anilines is 2. The van der Waals surface area contributed by atoms with Crippen LogP contribution in [0.2, 0.25) is 0 Å². The van der Waals surface area contributed by atoms with Gasteiger partial charge < -0.3 is 19.9 Å². The monoisotopic (exact) mass is 374 g/mol. The second kappa shape index (κ2) is 8.91. The quantitative estimate of drug-likeness (QED) is 0.858. The van der Waals surface area contributed by atoms with Crippen LogP contribution in [0.4, 0.5) is 11.6 Å². The number of pyridine rings is 1. The Labute approximate surface area is 163 Å². The predicted molar refractivity (Wildman–Crippen MR) is 109 cm³/mol. The number of rotatable bonds is 5. The van der Waals surface area contributed by atoms with E-state index in [-0.39, 0.29) is 5.91 Å². The number of morpholine rings is 1. The Hall–Kier alpha value is -1.82. The molecule has 2 saturated heterocycles. The second-order valence-electron chi connectivity index (χ2n) is 8.20. The maximum absolute atomic E-state index is 11.5. The lowest BCUT2D eigenvalue weighted by Crippen LogP contribution is -2.41. The van der Waals surface area contributed by atoms with Crippen LogP contribution in [0, 0.1) is 5.92 Å². The second-order valence-corrected chi connectivity index (χ2v) is 8.20. The highest BCUT2D eigenvalue weighted by molar-refractivity contribution is 5.73. The first kappa shape index (κ1) is 19.9. The van der Waals surface area contributed by atoms with Gasteiger partial charge >= 0.3 is 0 Å². The summed E-state index contributed by atoms with van der Waals surface area (Å²) >= 11 is 0. The third-order valence-corrected chi connectivity index (χ3v) is 5.99. The van der Waals surface area contributed by atoms with Gasteiger partial charge in [-0.1, -0.05) is 20.8 Å². The Morgan fingerprint density at radius 1 is 1.15 bits per heavy atom. The Morgan fingerprint density at radius 2 is 1.81 bits per heavy atom. The molecule has 1 unspecified atom stereocenters. The van der Waals surface area contributed by atoms with Crippen molar-refractivity contribution in [2.24, 2.45) is 5.92 Å². The van der Waals surface area contributed by atoms with Crippen LogP contribution in [0.15, 0.2) is 12.1 Å². The normalized spacial score (nSPS) is 20.0. The van der Waals surface area contributed by atoms with Crippen LogP contribution in [0.5, 0.6) is 0 Å². The molecule has 2 aliphatic heterocycles. The van der Waals surface area contributed by atoms with E-state index in [9.17, 15) is 4.79 Å². The highest BCUT2D eigenvalue weighted by Crippen LogP contribution is 2.29. The lowest BCUT2D eigenvalue weighted by Gasteiger charge is -2.33. The molecule has 0 bridgehead atoms. The Bertz CT molecular complexity index is 635. The molecule has 1 amide bonds. The molecule has 6 nitrogen and oxygen atoms in total. The average Bonchev–Trinajstić information content (AvgIpc) is 2.68. The molecule has 2 fully saturated rings. The van der Waals surface area contributed by atoms with Gasteiger partial charge in [0.25, 0.3) is 0 Å². The van der Waals surface area contributed by atoms with Gasteiger partial charge in [0, 0.05) is 39.1 Å². The molecule has 0 spiro atoms. The Kier molecular flexibility index (Phi) is 6.58. The summed E-state index contributed by atoms with van der Waals surface area (Å²) in [5.74, 6) is 3.24. The van der Waals surface area contributed by atoms with Gasteiger partial charge in [-0.3, -0.25) is 4.79 Å². The molecule has 150 valence electrons. The van der Waals surface area contributed by atoms with Gasteiger partial charge in [0.1, 0.15) is 11.6 Å². The summed E-state index contributed by atoms with van der Waals surface area (Å²) in [5, 5.41) is 3.65. The average molecular weight is 375 g/mol. The van der Waals surface area contributed by atoms with Crippen molar-refractivity contribution in [2.75, 3.05) is 49.6 Å². The smallest absolute Gasteiger partial charge is 0.219 e. The fraction of sp³-hybridized carbons (Fsp3) is 0.714. The third kappa shape index (κ3) is 5.12. The molecule has 1 aromatic heterocycles. The maximum atomic E-state index is 11.5. The van der Waals surface area contributed by atoms with Crippen LogP contribution in [-0.4, -0.2) is 61.2 Å². The Morgan fingerprint density at radius 3 is 2.41 bits per heavy atom. The van der Waals surface area contributed by atoms with E-state index >= 15 is 0 Å². The molecular weight excluding hydrogens is 340 g/mol. The van der Waals surface area contributed by atoms with E-state index in [4.69, 9.17) is 9.72 Å². The van der Waals surface area contributed by atoms with Crippen molar-refractivity contribution >= 4 is 17.5 Å². The van der Waals surface area contributed by atoms with E-state index in [1.54, 1.807) is 6.92 Å². The van der Waals surface area contributed by atoms with Crippen LogP contribution >= 0.6 is 0 Å². The molecule has 1 aromatic rings. The number of ether oxygens (including phenoxy) is 1. The van der Waals surface area contributed by atoms with Crippen molar-refractivity contribution in [1.82, 2.24) is 9.88 Å². The number of carbonyl (C=O) groups is 1. The van der Waals surface area contributed by atoms with E-state index in [0.29, 0.717) is 17.9 Å². The lowest BCUT2D eigenvalue weighted by atomic mass is 9.90. The zero-order valence-corrected chi connectivity index (χ0v) is 17.2. The minimum absolute atomic E-state index is 0.175. The number of amides is 1. The first-order valence-electron chi connectivity index (χ1n) is 10.3. The first-order valence-corrected chi connectivity index (χ1v) is 10.3. The topological polar surface area (TPSA) is 57.7 Å². The van der Waals surface area contributed by atoms with E-state index in [1.807, 2.05) is 4.90 Å². The molecule has 27 heavy (non-hydrogen) atoms. The fourth-order valence-electron chi connectivity index (χ4n) is 3.76. The number of hydrogen-bond donors (Lipinski definition) is 1. The molecule has 3 heterocycles. The minimum Gasteiger partial charge on any atom is -0.378 e. The molecule has 0 saturated carbocycles. The van der Waals surface area contributed by atoms with Crippen LogP contribution in [-0.2, 0) is 9.53 Å². The predicted octanol–water partition coefficient (Wildman–Crippen LogP) is 3.10. The summed E-state index contributed by atoms with van der Waals surface area (Å²) in [6, 6.07) is 4.83. The van der Waals surface area contributed by atoms with Crippen molar-refractivity contribution in [3.63, 3.8) is 0 Å². The molecule has 3 rings (SSSR count). The Balaban J connectivity index is 1.76. The summed E-state index contributed by atoms with van der Waals surface area (Å²) in [4.78, 5) is 20.7. The standard InChI is InChI=1S/C21H34N4O2/c1-15(2)16(3)18-13-20(22-19-5-7-24(8-6-19)17(4)26)23-21(14-18)25-9-11-27-12-10-25/h13-16,19H,5-12H2,1-4H3,(H,22,23). The zero-order chi connectivity index (χ0) is 19.4. The van der Waals surface area contributed by atoms with Crippen LogP contribution in [0.25, 0.3) is 0 Å². The summed E-state index contributed by atoms with van der Waals surface area (Å²) in [7, 11) is 0. The van der Waals surface area contributed by atoms with E-state index < -0.39 is 0 Å². The highest BCUT2D eigenvalue weighted by atomic mass is 16.5. The van der Waals surface area contributed by atoms with E-state index in [2.05, 4.69) is 43.1 Å². The summed E-state index contributed by atoms with van der Waals surface area (Å²) in [6.45, 7) is 13.4. The minimum atomic E-state index is 0.175. The molecule has 6 heteroatoms. The van der Waals surface area contributed by atoms with Crippen molar-refractivity contribution in [3.05, 3.63) is 17.7 Å². The third-order valence-electron chi connectivity index (χ3n) is 5.99. The number of carbonyl (C=O) groups excluding carboxylic acids is 1. The summed E-state index contributed by atoms with van der Waals surface area (Å²) in [6.07, 6.45) is 1.94. The molecule has 0 aromatic carbocycles. The van der Waals surface area contributed by atoms with Crippen molar-refractivity contribution in [3.8, 4) is 0 Å². The van der Waals surface area contributed by atoms with Crippen LogP contribution in [0.3, 0.4) is 0 Å². The van der Waals surface area contributed by atoms with Gasteiger partial charge in [-0.2, -0.15) is 0 Å². The highest BCUT2D eigenvalue weighted by Gasteiger charge is 2.22. The van der Waals surface area contributed by atoms with Crippen molar-refractivity contribution in [2.45, 2.75) is 52.5 Å². The zero-order valence-electron chi connectivity index (χ0n) is 17.2. The number of nitrogens with one attached hydrogen (secondary N) is 1. The molecule has 1 atom stereocenters. The maximum Gasteiger partial charge on any atom is 0.219 e. The van der Waals surface area contributed by atoms with Gasteiger partial charge in [0.05, 0.1) is 13.2 Å². The number of piperidine rings is 1. The molecule has 0 radical (unpaired) electrons. The lowest BCUT2D eigenvalue weighted by molar-refractivity contribution is -0.129. The van der Waals surface area contributed by atoms with Crippen molar-refractivity contribution in [1.29, 1.82) is 0 Å².